The van der Waals surface area contributed by atoms with Crippen molar-refractivity contribution in [2.45, 2.75) is 20.0 Å². The van der Waals surface area contributed by atoms with Crippen molar-refractivity contribution in [3.63, 3.8) is 0 Å². The number of hydrogen-bond donors (Lipinski definition) is 0. The van der Waals surface area contributed by atoms with E-state index in [1.165, 1.54) is 10.9 Å². The summed E-state index contributed by atoms with van der Waals surface area (Å²) in [6.07, 6.45) is 5.24. The van der Waals surface area contributed by atoms with Gasteiger partial charge < -0.3 is 4.74 Å². The molecule has 0 N–H and O–H groups in total. The van der Waals surface area contributed by atoms with Crippen molar-refractivity contribution in [1.82, 2.24) is 19.7 Å². The van der Waals surface area contributed by atoms with E-state index in [-0.39, 0.29) is 11.7 Å². The van der Waals surface area contributed by atoms with Gasteiger partial charge in [0.15, 0.2) is 5.78 Å². The number of rotatable bonds is 6. The predicted octanol–water partition coefficient (Wildman–Crippen LogP) is 2.83. The number of carbonyl (C=O) groups excluding carboxylic acids is 1. The lowest BCUT2D eigenvalue weighted by Crippen LogP contribution is -2.10. The Hall–Kier alpha value is -3.02. The molecule has 0 aliphatic carbocycles. The summed E-state index contributed by atoms with van der Waals surface area (Å²) in [5.41, 5.74) is 1.39. The highest BCUT2D eigenvalue weighted by Gasteiger charge is 2.15. The maximum Gasteiger partial charge on any atom is 0.253 e. The van der Waals surface area contributed by atoms with E-state index in [0.29, 0.717) is 24.5 Å². The molecule has 116 valence electrons. The average molecular weight is 308 g/mol. The molecule has 23 heavy (non-hydrogen) atoms. The lowest BCUT2D eigenvalue weighted by atomic mass is 10.2. The van der Waals surface area contributed by atoms with E-state index in [0.717, 1.165) is 5.56 Å². The van der Waals surface area contributed by atoms with Gasteiger partial charge >= 0.3 is 0 Å². The monoisotopic (exact) mass is 308 g/mol. The van der Waals surface area contributed by atoms with Gasteiger partial charge in [-0.05, 0) is 11.6 Å². The molecule has 0 aliphatic rings. The van der Waals surface area contributed by atoms with Gasteiger partial charge in [-0.1, -0.05) is 37.3 Å². The third-order valence-corrected chi connectivity index (χ3v) is 3.29. The Morgan fingerprint density at radius 1 is 1.22 bits per heavy atom. The van der Waals surface area contributed by atoms with Crippen LogP contribution in [0, 0.1) is 0 Å². The van der Waals surface area contributed by atoms with Gasteiger partial charge in [0, 0.05) is 25.0 Å². The molecule has 0 spiro atoms. The summed E-state index contributed by atoms with van der Waals surface area (Å²) in [6.45, 7) is 2.13. The third kappa shape index (κ3) is 3.42. The zero-order valence-corrected chi connectivity index (χ0v) is 12.7. The highest BCUT2D eigenvalue weighted by Crippen LogP contribution is 2.19. The minimum absolute atomic E-state index is 0.0555. The first-order chi connectivity index (χ1) is 11.3. The van der Waals surface area contributed by atoms with Crippen molar-refractivity contribution in [2.24, 2.45) is 0 Å². The molecular weight excluding hydrogens is 292 g/mol. The number of Topliss-reactive ketones (excluding diaryl/α,β-unsaturated/α-hetero) is 1. The van der Waals surface area contributed by atoms with E-state index in [2.05, 4.69) is 15.1 Å². The van der Waals surface area contributed by atoms with Gasteiger partial charge in [-0.3, -0.25) is 4.79 Å². The Morgan fingerprint density at radius 2 is 2.04 bits per heavy atom. The summed E-state index contributed by atoms with van der Waals surface area (Å²) in [6, 6.07) is 11.5. The molecule has 2 heterocycles. The smallest absolute Gasteiger partial charge is 0.253 e. The first kappa shape index (κ1) is 14.9. The molecule has 0 saturated carbocycles. The summed E-state index contributed by atoms with van der Waals surface area (Å²) >= 11 is 0. The van der Waals surface area contributed by atoms with Crippen LogP contribution >= 0.6 is 0 Å². The van der Waals surface area contributed by atoms with Crippen molar-refractivity contribution in [3.05, 3.63) is 66.1 Å². The van der Waals surface area contributed by atoms with E-state index in [1.807, 2.05) is 30.3 Å². The molecule has 6 heteroatoms. The van der Waals surface area contributed by atoms with Crippen molar-refractivity contribution < 1.29 is 9.53 Å². The van der Waals surface area contributed by atoms with E-state index in [4.69, 9.17) is 4.74 Å². The van der Waals surface area contributed by atoms with Crippen molar-refractivity contribution >= 4 is 5.78 Å². The van der Waals surface area contributed by atoms with Crippen LogP contribution in [0.15, 0.2) is 55.0 Å². The SMILES string of the molecule is CCC(=O)c1cnc(-n2cccn2)nc1OCc1ccccc1. The zero-order valence-electron chi connectivity index (χ0n) is 12.7. The molecule has 0 saturated heterocycles. The highest BCUT2D eigenvalue weighted by atomic mass is 16.5. The van der Waals surface area contributed by atoms with Gasteiger partial charge in [-0.15, -0.1) is 0 Å². The Balaban J connectivity index is 1.90. The van der Waals surface area contributed by atoms with Crippen LogP contribution in [0.3, 0.4) is 0 Å². The van der Waals surface area contributed by atoms with Gasteiger partial charge in [0.25, 0.3) is 5.95 Å². The largest absolute Gasteiger partial charge is 0.472 e. The summed E-state index contributed by atoms with van der Waals surface area (Å²) in [7, 11) is 0. The number of ketones is 1. The van der Waals surface area contributed by atoms with Gasteiger partial charge in [0.1, 0.15) is 6.61 Å². The minimum Gasteiger partial charge on any atom is -0.472 e. The summed E-state index contributed by atoms with van der Waals surface area (Å²) in [5.74, 6) is 0.590. The minimum atomic E-state index is -0.0555. The van der Waals surface area contributed by atoms with E-state index < -0.39 is 0 Å². The molecule has 0 unspecified atom stereocenters. The highest BCUT2D eigenvalue weighted by molar-refractivity contribution is 5.97. The van der Waals surface area contributed by atoms with Crippen LogP contribution in [0.25, 0.3) is 5.95 Å². The molecular formula is C17H16N4O2. The van der Waals surface area contributed by atoms with Gasteiger partial charge in [0.2, 0.25) is 5.88 Å². The molecule has 3 aromatic rings. The standard InChI is InChI=1S/C17H16N4O2/c1-2-15(22)14-11-18-17(21-10-6-9-19-21)20-16(14)23-12-13-7-4-3-5-8-13/h3-11H,2,12H2,1H3. The fourth-order valence-electron chi connectivity index (χ4n) is 2.07. The summed E-state index contributed by atoms with van der Waals surface area (Å²) < 4.78 is 7.30. The van der Waals surface area contributed by atoms with Gasteiger partial charge in [0.05, 0.1) is 5.56 Å². The topological polar surface area (TPSA) is 69.9 Å². The number of ether oxygens (including phenoxy) is 1. The van der Waals surface area contributed by atoms with Crippen LogP contribution in [-0.2, 0) is 6.61 Å². The van der Waals surface area contributed by atoms with Crippen LogP contribution in [0.2, 0.25) is 0 Å². The second-order valence-electron chi connectivity index (χ2n) is 4.89. The average Bonchev–Trinajstić information content (AvgIpc) is 3.14. The first-order valence-corrected chi connectivity index (χ1v) is 7.35. The third-order valence-electron chi connectivity index (χ3n) is 3.29. The van der Waals surface area contributed by atoms with Crippen LogP contribution in [0.5, 0.6) is 5.88 Å². The number of hydrogen-bond acceptors (Lipinski definition) is 5. The van der Waals surface area contributed by atoms with Gasteiger partial charge in [-0.2, -0.15) is 10.1 Å². The second-order valence-corrected chi connectivity index (χ2v) is 4.89. The number of nitrogens with zero attached hydrogens (tertiary/aromatic N) is 4. The summed E-state index contributed by atoms with van der Waals surface area (Å²) in [5, 5.41) is 4.09. The fourth-order valence-corrected chi connectivity index (χ4v) is 2.07. The molecule has 0 radical (unpaired) electrons. The molecule has 0 aliphatic heterocycles. The molecule has 0 amide bonds. The van der Waals surface area contributed by atoms with Crippen LogP contribution in [-0.4, -0.2) is 25.5 Å². The lowest BCUT2D eigenvalue weighted by molar-refractivity contribution is 0.0982. The van der Waals surface area contributed by atoms with Crippen LogP contribution in [0.4, 0.5) is 0 Å². The fraction of sp³-hybridized carbons (Fsp3) is 0.176. The number of benzene rings is 1. The van der Waals surface area contributed by atoms with Crippen molar-refractivity contribution in [2.75, 3.05) is 0 Å². The normalized spacial score (nSPS) is 10.5. The van der Waals surface area contributed by atoms with Crippen LogP contribution < -0.4 is 4.74 Å². The molecule has 2 aromatic heterocycles. The molecule has 6 nitrogen and oxygen atoms in total. The maximum atomic E-state index is 12.1. The molecule has 0 fully saturated rings. The Bertz CT molecular complexity index is 786. The van der Waals surface area contributed by atoms with Gasteiger partial charge in [-0.25, -0.2) is 9.67 Å². The van der Waals surface area contributed by atoms with Crippen molar-refractivity contribution in [3.8, 4) is 11.8 Å². The first-order valence-electron chi connectivity index (χ1n) is 7.35. The predicted molar refractivity (Wildman–Crippen MR) is 84.5 cm³/mol. The Kier molecular flexibility index (Phi) is 4.42. The van der Waals surface area contributed by atoms with E-state index in [1.54, 1.807) is 25.4 Å². The molecule has 0 atom stereocenters. The van der Waals surface area contributed by atoms with Crippen LogP contribution in [0.1, 0.15) is 29.3 Å². The Morgan fingerprint density at radius 3 is 2.74 bits per heavy atom. The molecule has 1 aromatic carbocycles. The Labute approximate surface area is 133 Å². The number of carbonyl (C=O) groups is 1. The van der Waals surface area contributed by atoms with E-state index >= 15 is 0 Å². The van der Waals surface area contributed by atoms with Crippen molar-refractivity contribution in [1.29, 1.82) is 0 Å². The van der Waals surface area contributed by atoms with E-state index in [9.17, 15) is 4.79 Å². The zero-order chi connectivity index (χ0) is 16.1. The maximum absolute atomic E-state index is 12.1. The molecule has 0 bridgehead atoms. The quantitative estimate of drug-likeness (QED) is 0.655. The second kappa shape index (κ2) is 6.83. The summed E-state index contributed by atoms with van der Waals surface area (Å²) in [4.78, 5) is 20.6. The lowest BCUT2D eigenvalue weighted by Gasteiger charge is -2.10. The number of aromatic nitrogens is 4. The molecule has 3 rings (SSSR count).